The fraction of sp³-hybridized carbons (Fsp3) is 0.500. The number of hydrogen-bond donors (Lipinski definition) is 0. The highest BCUT2D eigenvalue weighted by molar-refractivity contribution is 6.18. The first-order chi connectivity index (χ1) is 7.44. The first kappa shape index (κ1) is 12.8. The van der Waals surface area contributed by atoms with E-state index in [1.54, 1.807) is 0 Å². The number of aromatic nitrogens is 1. The van der Waals surface area contributed by atoms with Crippen LogP contribution in [0.25, 0.3) is 0 Å². The number of hydrogen-bond acceptors (Lipinski definition) is 3. The highest BCUT2D eigenvalue weighted by Gasteiger charge is 2.33. The molecule has 4 nitrogen and oxygen atoms in total. The molecule has 0 atom stereocenters. The van der Waals surface area contributed by atoms with E-state index in [1.165, 1.54) is 6.07 Å². The zero-order valence-electron chi connectivity index (χ0n) is 8.00. The highest BCUT2D eigenvalue weighted by Crippen LogP contribution is 2.17. The molecule has 0 aliphatic rings. The van der Waals surface area contributed by atoms with Gasteiger partial charge in [-0.25, -0.2) is 0 Å². The maximum absolute atomic E-state index is 12.2. The third-order valence-electron chi connectivity index (χ3n) is 1.67. The molecule has 0 aliphatic heterocycles. The summed E-state index contributed by atoms with van der Waals surface area (Å²) >= 11 is 5.33. The number of carbonyl (C=O) groups is 1. The van der Waals surface area contributed by atoms with Gasteiger partial charge in [-0.05, 0) is 0 Å². The van der Waals surface area contributed by atoms with Gasteiger partial charge in [0.15, 0.2) is 5.69 Å². The van der Waals surface area contributed by atoms with E-state index < -0.39 is 18.6 Å². The summed E-state index contributed by atoms with van der Waals surface area (Å²) in [6.07, 6.45) is -3.36. The number of halogens is 4. The zero-order valence-corrected chi connectivity index (χ0v) is 8.75. The molecule has 1 rings (SSSR count). The van der Waals surface area contributed by atoms with Gasteiger partial charge in [0.1, 0.15) is 12.8 Å². The second-order valence-electron chi connectivity index (χ2n) is 2.92. The van der Waals surface area contributed by atoms with E-state index in [1.807, 2.05) is 0 Å². The summed E-state index contributed by atoms with van der Waals surface area (Å²) in [5.41, 5.74) is -0.172. The van der Waals surface area contributed by atoms with Crippen LogP contribution in [-0.4, -0.2) is 41.1 Å². The Labute approximate surface area is 93.9 Å². The summed E-state index contributed by atoms with van der Waals surface area (Å²) in [7, 11) is 0. The maximum Gasteiger partial charge on any atom is 0.406 e. The predicted molar refractivity (Wildman–Crippen MR) is 49.2 cm³/mol. The lowest BCUT2D eigenvalue weighted by Crippen LogP contribution is -2.40. The predicted octanol–water partition coefficient (Wildman–Crippen LogP) is 1.92. The Balaban J connectivity index is 2.74. The molecule has 1 aromatic heterocycles. The molecular formula is C8H8ClF3N2O2. The van der Waals surface area contributed by atoms with Crippen LogP contribution in [0.5, 0.6) is 0 Å². The molecule has 0 bridgehead atoms. The minimum Gasteiger partial charge on any atom is -0.364 e. The quantitative estimate of drug-likeness (QED) is 0.773. The van der Waals surface area contributed by atoms with Gasteiger partial charge in [-0.2, -0.15) is 13.2 Å². The van der Waals surface area contributed by atoms with Crippen molar-refractivity contribution in [2.75, 3.05) is 19.0 Å². The van der Waals surface area contributed by atoms with Crippen molar-refractivity contribution in [2.45, 2.75) is 6.18 Å². The Morgan fingerprint density at radius 2 is 2.25 bits per heavy atom. The highest BCUT2D eigenvalue weighted by atomic mass is 35.5. The first-order valence-corrected chi connectivity index (χ1v) is 4.80. The monoisotopic (exact) mass is 256 g/mol. The normalized spacial score (nSPS) is 11.5. The molecule has 0 fully saturated rings. The zero-order chi connectivity index (χ0) is 12.2. The molecule has 0 aliphatic carbocycles. The maximum atomic E-state index is 12.2. The average molecular weight is 257 g/mol. The summed E-state index contributed by atoms with van der Waals surface area (Å²) in [6.45, 7) is -1.56. The van der Waals surface area contributed by atoms with Gasteiger partial charge in [0.25, 0.3) is 5.91 Å². The Bertz CT molecular complexity index is 340. The van der Waals surface area contributed by atoms with E-state index in [9.17, 15) is 18.0 Å². The SMILES string of the molecule is O=C(c1ccon1)N(CCCl)CC(F)(F)F. The van der Waals surface area contributed by atoms with E-state index in [-0.39, 0.29) is 18.1 Å². The lowest BCUT2D eigenvalue weighted by Gasteiger charge is -2.21. The molecule has 0 aromatic carbocycles. The fourth-order valence-corrected chi connectivity index (χ4v) is 1.26. The molecule has 0 N–H and O–H groups in total. The van der Waals surface area contributed by atoms with Gasteiger partial charge in [-0.15, -0.1) is 11.6 Å². The van der Waals surface area contributed by atoms with Gasteiger partial charge in [0, 0.05) is 18.5 Å². The van der Waals surface area contributed by atoms with Gasteiger partial charge in [-0.1, -0.05) is 5.16 Å². The van der Waals surface area contributed by atoms with Gasteiger partial charge in [0.2, 0.25) is 0 Å². The molecule has 0 radical (unpaired) electrons. The topological polar surface area (TPSA) is 46.3 Å². The molecule has 16 heavy (non-hydrogen) atoms. The lowest BCUT2D eigenvalue weighted by molar-refractivity contribution is -0.140. The molecule has 0 saturated carbocycles. The molecule has 8 heteroatoms. The van der Waals surface area contributed by atoms with Crippen molar-refractivity contribution in [1.82, 2.24) is 10.1 Å². The third-order valence-corrected chi connectivity index (χ3v) is 1.84. The van der Waals surface area contributed by atoms with Crippen LogP contribution >= 0.6 is 11.6 Å². The first-order valence-electron chi connectivity index (χ1n) is 4.26. The summed E-state index contributed by atoms with van der Waals surface area (Å²) in [5, 5.41) is 3.27. The third kappa shape index (κ3) is 3.73. The van der Waals surface area contributed by atoms with Crippen molar-refractivity contribution in [3.63, 3.8) is 0 Å². The standard InChI is InChI=1S/C8H8ClF3N2O2/c9-2-3-14(5-8(10,11)12)7(15)6-1-4-16-13-6/h1,4H,2-3,5H2. The van der Waals surface area contributed by atoms with E-state index in [4.69, 9.17) is 11.6 Å². The van der Waals surface area contributed by atoms with Crippen LogP contribution in [0.15, 0.2) is 16.9 Å². The van der Waals surface area contributed by atoms with Gasteiger partial charge in [0.05, 0.1) is 0 Å². The van der Waals surface area contributed by atoms with E-state index in [0.717, 1.165) is 6.26 Å². The second-order valence-corrected chi connectivity index (χ2v) is 3.29. The number of nitrogens with zero attached hydrogens (tertiary/aromatic N) is 2. The number of alkyl halides is 4. The average Bonchev–Trinajstić information content (AvgIpc) is 2.66. The minimum atomic E-state index is -4.47. The van der Waals surface area contributed by atoms with Crippen LogP contribution in [0, 0.1) is 0 Å². The summed E-state index contributed by atoms with van der Waals surface area (Å²) in [4.78, 5) is 12.1. The molecular weight excluding hydrogens is 249 g/mol. The molecule has 0 unspecified atom stereocenters. The van der Waals surface area contributed by atoms with Gasteiger partial charge in [-0.3, -0.25) is 4.79 Å². The van der Waals surface area contributed by atoms with Crippen LogP contribution in [0.1, 0.15) is 10.5 Å². The summed E-state index contributed by atoms with van der Waals surface area (Å²) < 4.78 is 40.8. The molecule has 1 aromatic rings. The van der Waals surface area contributed by atoms with Crippen LogP contribution < -0.4 is 0 Å². The van der Waals surface area contributed by atoms with Gasteiger partial charge < -0.3 is 9.42 Å². The van der Waals surface area contributed by atoms with Crippen molar-refractivity contribution < 1.29 is 22.5 Å². The summed E-state index contributed by atoms with van der Waals surface area (Å²) in [6, 6.07) is 1.19. The van der Waals surface area contributed by atoms with Crippen molar-refractivity contribution in [1.29, 1.82) is 0 Å². The number of rotatable bonds is 4. The van der Waals surface area contributed by atoms with E-state index >= 15 is 0 Å². The fourth-order valence-electron chi connectivity index (χ4n) is 1.06. The van der Waals surface area contributed by atoms with Crippen molar-refractivity contribution in [2.24, 2.45) is 0 Å². The molecule has 0 saturated heterocycles. The Hall–Kier alpha value is -1.24. The Kier molecular flexibility index (Phi) is 4.17. The molecule has 1 amide bonds. The number of amides is 1. The second kappa shape index (κ2) is 5.20. The van der Waals surface area contributed by atoms with Crippen LogP contribution in [0.3, 0.4) is 0 Å². The smallest absolute Gasteiger partial charge is 0.364 e. The van der Waals surface area contributed by atoms with Crippen LogP contribution in [0.4, 0.5) is 13.2 Å². The Morgan fingerprint density at radius 3 is 2.69 bits per heavy atom. The van der Waals surface area contributed by atoms with Crippen molar-refractivity contribution >= 4 is 17.5 Å². The van der Waals surface area contributed by atoms with Crippen LogP contribution in [-0.2, 0) is 0 Å². The number of carbonyl (C=O) groups excluding carboxylic acids is 1. The summed E-state index contributed by atoms with van der Waals surface area (Å²) in [5.74, 6) is -0.939. The largest absolute Gasteiger partial charge is 0.406 e. The molecule has 0 spiro atoms. The molecule has 1 heterocycles. The van der Waals surface area contributed by atoms with Crippen molar-refractivity contribution in [3.05, 3.63) is 18.0 Å². The van der Waals surface area contributed by atoms with E-state index in [2.05, 4.69) is 9.68 Å². The van der Waals surface area contributed by atoms with Crippen molar-refractivity contribution in [3.8, 4) is 0 Å². The van der Waals surface area contributed by atoms with Gasteiger partial charge >= 0.3 is 6.18 Å². The van der Waals surface area contributed by atoms with Crippen LogP contribution in [0.2, 0.25) is 0 Å². The minimum absolute atomic E-state index is 0.0837. The molecule has 90 valence electrons. The van der Waals surface area contributed by atoms with E-state index in [0.29, 0.717) is 4.90 Å². The Morgan fingerprint density at radius 1 is 1.56 bits per heavy atom. The lowest BCUT2D eigenvalue weighted by atomic mass is 10.3.